The molecule has 1 aliphatic carbocycles. The number of fused-ring (bicyclic) bond motifs is 1. The van der Waals surface area contributed by atoms with Crippen LogP contribution in [-0.4, -0.2) is 26.6 Å². The zero-order valence-corrected chi connectivity index (χ0v) is 13.7. The van der Waals surface area contributed by atoms with Crippen molar-refractivity contribution in [2.75, 3.05) is 14.2 Å². The van der Waals surface area contributed by atoms with E-state index in [4.69, 9.17) is 9.47 Å². The molecule has 0 aliphatic heterocycles. The van der Waals surface area contributed by atoms with Gasteiger partial charge in [0, 0.05) is 17.6 Å². The van der Waals surface area contributed by atoms with Crippen LogP contribution in [0.15, 0.2) is 42.0 Å². The number of halogens is 2. The third kappa shape index (κ3) is 3.47. The maximum absolute atomic E-state index is 12.6. The molecule has 0 N–H and O–H groups in total. The molecule has 0 saturated carbocycles. The second kappa shape index (κ2) is 6.93. The van der Waals surface area contributed by atoms with Crippen molar-refractivity contribution in [3.63, 3.8) is 0 Å². The molecule has 130 valence electrons. The molecule has 0 spiro atoms. The third-order valence-corrected chi connectivity index (χ3v) is 3.97. The van der Waals surface area contributed by atoms with E-state index in [1.54, 1.807) is 37.5 Å². The number of carbonyl (C=O) groups excluding carboxylic acids is 1. The highest BCUT2D eigenvalue weighted by molar-refractivity contribution is 6.15. The number of carbonyl (C=O) groups is 1. The van der Waals surface area contributed by atoms with Crippen LogP contribution in [-0.2, 0) is 6.42 Å². The van der Waals surface area contributed by atoms with Crippen LogP contribution < -0.4 is 14.2 Å². The number of alkyl halides is 2. The first-order valence-electron chi connectivity index (χ1n) is 7.57. The molecular weight excluding hydrogens is 330 g/mol. The summed E-state index contributed by atoms with van der Waals surface area (Å²) in [4.78, 5) is 12.6. The summed E-state index contributed by atoms with van der Waals surface area (Å²) in [6.45, 7) is -2.86. The summed E-state index contributed by atoms with van der Waals surface area (Å²) in [7, 11) is 3.06. The van der Waals surface area contributed by atoms with Gasteiger partial charge in [-0.3, -0.25) is 4.79 Å². The molecule has 0 unspecified atom stereocenters. The van der Waals surface area contributed by atoms with Gasteiger partial charge in [0.2, 0.25) is 0 Å². The molecule has 6 heteroatoms. The van der Waals surface area contributed by atoms with E-state index < -0.39 is 6.61 Å². The van der Waals surface area contributed by atoms with E-state index in [0.717, 1.165) is 11.1 Å². The highest BCUT2D eigenvalue weighted by Crippen LogP contribution is 2.37. The fraction of sp³-hybridized carbons (Fsp3) is 0.211. The van der Waals surface area contributed by atoms with Gasteiger partial charge < -0.3 is 14.2 Å². The van der Waals surface area contributed by atoms with E-state index in [1.807, 2.05) is 0 Å². The van der Waals surface area contributed by atoms with Crippen molar-refractivity contribution in [1.82, 2.24) is 0 Å². The highest BCUT2D eigenvalue weighted by Gasteiger charge is 2.27. The number of allylic oxidation sites excluding steroid dienone is 1. The largest absolute Gasteiger partial charge is 0.493 e. The lowest BCUT2D eigenvalue weighted by Gasteiger charge is -2.08. The number of ether oxygens (including phenoxy) is 3. The van der Waals surface area contributed by atoms with Crippen molar-refractivity contribution in [3.8, 4) is 17.2 Å². The van der Waals surface area contributed by atoms with E-state index in [2.05, 4.69) is 4.74 Å². The first-order valence-corrected chi connectivity index (χ1v) is 7.57. The van der Waals surface area contributed by atoms with E-state index >= 15 is 0 Å². The number of hydrogen-bond donors (Lipinski definition) is 0. The third-order valence-electron chi connectivity index (χ3n) is 3.97. The Bertz CT molecular complexity index is 826. The number of benzene rings is 2. The van der Waals surface area contributed by atoms with Crippen LogP contribution in [0.4, 0.5) is 8.78 Å². The molecule has 0 bridgehead atoms. The molecule has 25 heavy (non-hydrogen) atoms. The normalized spacial score (nSPS) is 14.8. The molecule has 3 rings (SSSR count). The van der Waals surface area contributed by atoms with Crippen LogP contribution in [0.2, 0.25) is 0 Å². The first-order chi connectivity index (χ1) is 12.0. The summed E-state index contributed by atoms with van der Waals surface area (Å²) in [5.74, 6) is 1.07. The molecule has 0 amide bonds. The van der Waals surface area contributed by atoms with Crippen molar-refractivity contribution in [1.29, 1.82) is 0 Å². The van der Waals surface area contributed by atoms with E-state index in [9.17, 15) is 13.6 Å². The van der Waals surface area contributed by atoms with Gasteiger partial charge in [-0.15, -0.1) is 0 Å². The highest BCUT2D eigenvalue weighted by atomic mass is 19.3. The smallest absolute Gasteiger partial charge is 0.387 e. The lowest BCUT2D eigenvalue weighted by atomic mass is 10.1. The SMILES string of the molecule is COc1cc2c(cc1OC)C(=O)/C(=C/c1ccc(OC(F)F)cc1)C2. The maximum Gasteiger partial charge on any atom is 0.387 e. The van der Waals surface area contributed by atoms with Crippen LogP contribution >= 0.6 is 0 Å². The molecule has 2 aromatic rings. The molecule has 0 radical (unpaired) electrons. The van der Waals surface area contributed by atoms with Crippen LogP contribution in [0.25, 0.3) is 6.08 Å². The average Bonchev–Trinajstić information content (AvgIpc) is 2.90. The fourth-order valence-corrected chi connectivity index (χ4v) is 2.80. The predicted octanol–water partition coefficient (Wildman–Crippen LogP) is 4.13. The summed E-state index contributed by atoms with van der Waals surface area (Å²) in [5, 5.41) is 0. The summed E-state index contributed by atoms with van der Waals surface area (Å²) in [5.41, 5.74) is 2.80. The fourth-order valence-electron chi connectivity index (χ4n) is 2.80. The summed E-state index contributed by atoms with van der Waals surface area (Å²) >= 11 is 0. The Morgan fingerprint density at radius 2 is 1.68 bits per heavy atom. The van der Waals surface area contributed by atoms with Crippen LogP contribution in [0, 0.1) is 0 Å². The van der Waals surface area contributed by atoms with Crippen molar-refractivity contribution >= 4 is 11.9 Å². The van der Waals surface area contributed by atoms with Gasteiger partial charge in [-0.1, -0.05) is 12.1 Å². The molecule has 4 nitrogen and oxygen atoms in total. The Kier molecular flexibility index (Phi) is 4.70. The van der Waals surface area contributed by atoms with Gasteiger partial charge in [-0.25, -0.2) is 0 Å². The zero-order valence-electron chi connectivity index (χ0n) is 13.7. The molecule has 0 atom stereocenters. The lowest BCUT2D eigenvalue weighted by Crippen LogP contribution is -2.01. The van der Waals surface area contributed by atoms with Crippen molar-refractivity contribution in [2.24, 2.45) is 0 Å². The topological polar surface area (TPSA) is 44.8 Å². The van der Waals surface area contributed by atoms with Crippen LogP contribution in [0.3, 0.4) is 0 Å². The van der Waals surface area contributed by atoms with Gasteiger partial charge in [0.15, 0.2) is 17.3 Å². The predicted molar refractivity (Wildman–Crippen MR) is 88.6 cm³/mol. The number of ketones is 1. The van der Waals surface area contributed by atoms with Gasteiger partial charge in [0.1, 0.15) is 5.75 Å². The minimum Gasteiger partial charge on any atom is -0.493 e. The molecule has 0 heterocycles. The molecule has 2 aromatic carbocycles. The number of rotatable bonds is 5. The quantitative estimate of drug-likeness (QED) is 0.764. The minimum atomic E-state index is -2.86. The van der Waals surface area contributed by atoms with Crippen molar-refractivity contribution in [3.05, 3.63) is 58.7 Å². The number of hydrogen-bond acceptors (Lipinski definition) is 4. The maximum atomic E-state index is 12.6. The summed E-state index contributed by atoms with van der Waals surface area (Å²) in [6, 6.07) is 9.61. The number of methoxy groups -OCH3 is 2. The van der Waals surface area contributed by atoms with Gasteiger partial charge >= 0.3 is 6.61 Å². The first kappa shape index (κ1) is 17.0. The Hall–Kier alpha value is -2.89. The minimum absolute atomic E-state index is 0.0765. The molecule has 0 saturated heterocycles. The van der Waals surface area contributed by atoms with E-state index in [-0.39, 0.29) is 11.5 Å². The van der Waals surface area contributed by atoms with Crippen LogP contribution in [0.1, 0.15) is 21.5 Å². The average molecular weight is 346 g/mol. The van der Waals surface area contributed by atoms with Gasteiger partial charge in [-0.05, 0) is 41.5 Å². The van der Waals surface area contributed by atoms with Crippen molar-refractivity contribution < 1.29 is 27.8 Å². The summed E-state index contributed by atoms with van der Waals surface area (Å²) in [6.07, 6.45) is 2.22. The Morgan fingerprint density at radius 3 is 2.28 bits per heavy atom. The van der Waals surface area contributed by atoms with Gasteiger partial charge in [0.05, 0.1) is 14.2 Å². The second-order valence-corrected chi connectivity index (χ2v) is 5.49. The van der Waals surface area contributed by atoms with Gasteiger partial charge in [0.25, 0.3) is 0 Å². The summed E-state index contributed by atoms with van der Waals surface area (Å²) < 4.78 is 39.2. The monoisotopic (exact) mass is 346 g/mol. The Labute approximate surface area is 143 Å². The standard InChI is InChI=1S/C19H16F2O4/c1-23-16-9-12-8-13(18(22)15(12)10-17(16)24-2)7-11-3-5-14(6-4-11)25-19(20)21/h3-7,9-10,19H,8H2,1-2H3/b13-7+. The molecule has 0 fully saturated rings. The van der Waals surface area contributed by atoms with E-state index in [0.29, 0.717) is 29.1 Å². The Morgan fingerprint density at radius 1 is 1.04 bits per heavy atom. The van der Waals surface area contributed by atoms with Crippen LogP contribution in [0.5, 0.6) is 17.2 Å². The van der Waals surface area contributed by atoms with Crippen molar-refractivity contribution in [2.45, 2.75) is 13.0 Å². The van der Waals surface area contributed by atoms with E-state index in [1.165, 1.54) is 19.2 Å². The molecule has 0 aromatic heterocycles. The zero-order chi connectivity index (χ0) is 18.0. The molecule has 1 aliphatic rings. The molecular formula is C19H16F2O4. The Balaban J connectivity index is 1.87. The number of Topliss-reactive ketones (excluding diaryl/α,β-unsaturated/α-hetero) is 1. The second-order valence-electron chi connectivity index (χ2n) is 5.49. The van der Waals surface area contributed by atoms with Gasteiger partial charge in [-0.2, -0.15) is 8.78 Å². The lowest BCUT2D eigenvalue weighted by molar-refractivity contribution is -0.0498.